The van der Waals surface area contributed by atoms with E-state index < -0.39 is 12.1 Å². The van der Waals surface area contributed by atoms with Gasteiger partial charge >= 0.3 is 6.09 Å². The topological polar surface area (TPSA) is 104 Å². The summed E-state index contributed by atoms with van der Waals surface area (Å²) in [7, 11) is 1.31. The number of fused-ring (bicyclic) bond motifs is 1. The van der Waals surface area contributed by atoms with Crippen molar-refractivity contribution in [3.63, 3.8) is 0 Å². The number of carbonyl (C=O) groups is 2. The van der Waals surface area contributed by atoms with Crippen molar-refractivity contribution in [1.29, 1.82) is 0 Å². The monoisotopic (exact) mass is 358 g/mol. The lowest BCUT2D eigenvalue weighted by Crippen LogP contribution is -2.52. The molecule has 26 heavy (non-hydrogen) atoms. The zero-order valence-corrected chi connectivity index (χ0v) is 14.7. The Balaban J connectivity index is 1.61. The van der Waals surface area contributed by atoms with Crippen LogP contribution in [0.4, 0.5) is 4.79 Å². The molecule has 0 spiro atoms. The van der Waals surface area contributed by atoms with E-state index in [4.69, 9.17) is 4.74 Å². The predicted octanol–water partition coefficient (Wildman–Crippen LogP) is 1.20. The first-order valence-corrected chi connectivity index (χ1v) is 8.70. The van der Waals surface area contributed by atoms with Gasteiger partial charge in [0.1, 0.15) is 11.9 Å². The number of para-hydroxylation sites is 1. The van der Waals surface area contributed by atoms with Crippen LogP contribution in [0.25, 0.3) is 10.9 Å². The number of aromatic nitrogens is 2. The first-order chi connectivity index (χ1) is 12.6. The number of likely N-dealkylation sites (tertiary alicyclic amines) is 1. The summed E-state index contributed by atoms with van der Waals surface area (Å²) < 4.78 is 4.76. The molecule has 1 atom stereocenters. The maximum atomic E-state index is 12.4. The minimum atomic E-state index is -0.514. The quantitative estimate of drug-likeness (QED) is 0.855. The molecule has 2 heterocycles. The number of piperidine rings is 1. The summed E-state index contributed by atoms with van der Waals surface area (Å²) in [5.74, 6) is 0.306. The Morgan fingerprint density at radius 2 is 2.15 bits per heavy atom. The van der Waals surface area contributed by atoms with Gasteiger partial charge in [-0.15, -0.1) is 0 Å². The molecule has 1 aromatic heterocycles. The van der Waals surface area contributed by atoms with Crippen LogP contribution in [0, 0.1) is 0 Å². The second kappa shape index (κ2) is 7.99. The fourth-order valence-electron chi connectivity index (χ4n) is 3.22. The molecule has 0 radical (unpaired) electrons. The number of nitrogens with one attached hydrogen (secondary N) is 2. The highest BCUT2D eigenvalue weighted by atomic mass is 16.5. The molecule has 2 amide bonds. The third kappa shape index (κ3) is 3.84. The molecule has 1 aromatic carbocycles. The van der Waals surface area contributed by atoms with E-state index in [1.54, 1.807) is 18.2 Å². The number of rotatable bonds is 4. The van der Waals surface area contributed by atoms with Crippen molar-refractivity contribution < 1.29 is 14.3 Å². The Labute approximate surface area is 150 Å². The van der Waals surface area contributed by atoms with Crippen LogP contribution in [-0.2, 0) is 16.0 Å². The number of amides is 2. The fourth-order valence-corrected chi connectivity index (χ4v) is 3.22. The standard InChI is InChI=1S/C18H22N4O4/c1-26-18(25)22-11-5-4-8-14(22)17(24)19-10-9-15-20-13-7-3-2-6-12(13)16(23)21-15/h2-3,6-7,14H,4-5,8-11H2,1H3,(H,19,24)(H,20,21,23). The number of carbonyl (C=O) groups excluding carboxylic acids is 2. The molecule has 1 fully saturated rings. The van der Waals surface area contributed by atoms with Crippen molar-refractivity contribution in [2.45, 2.75) is 31.7 Å². The van der Waals surface area contributed by atoms with Gasteiger partial charge in [0.15, 0.2) is 0 Å². The van der Waals surface area contributed by atoms with Crippen LogP contribution in [0.1, 0.15) is 25.1 Å². The molecule has 1 aliphatic rings. The van der Waals surface area contributed by atoms with Crippen LogP contribution in [0.5, 0.6) is 0 Å². The highest BCUT2D eigenvalue weighted by molar-refractivity contribution is 5.85. The zero-order chi connectivity index (χ0) is 18.5. The molecule has 0 aliphatic carbocycles. The van der Waals surface area contributed by atoms with Crippen molar-refractivity contribution in [3.8, 4) is 0 Å². The minimum absolute atomic E-state index is 0.193. The molecule has 1 unspecified atom stereocenters. The number of nitrogens with zero attached hydrogens (tertiary/aromatic N) is 2. The van der Waals surface area contributed by atoms with Crippen LogP contribution in [0.3, 0.4) is 0 Å². The van der Waals surface area contributed by atoms with Crippen molar-refractivity contribution in [3.05, 3.63) is 40.4 Å². The Bertz CT molecular complexity index is 864. The first kappa shape index (κ1) is 17.9. The van der Waals surface area contributed by atoms with E-state index >= 15 is 0 Å². The van der Waals surface area contributed by atoms with Crippen molar-refractivity contribution in [2.24, 2.45) is 0 Å². The second-order valence-corrected chi connectivity index (χ2v) is 6.25. The highest BCUT2D eigenvalue weighted by Gasteiger charge is 2.32. The number of aromatic amines is 1. The minimum Gasteiger partial charge on any atom is -0.453 e. The van der Waals surface area contributed by atoms with Crippen LogP contribution in [0.2, 0.25) is 0 Å². The Morgan fingerprint density at radius 1 is 1.35 bits per heavy atom. The summed E-state index contributed by atoms with van der Waals surface area (Å²) in [4.78, 5) is 44.9. The second-order valence-electron chi connectivity index (χ2n) is 6.25. The third-order valence-corrected chi connectivity index (χ3v) is 4.54. The summed E-state index contributed by atoms with van der Waals surface area (Å²) in [5, 5.41) is 3.37. The maximum absolute atomic E-state index is 12.4. The van der Waals surface area contributed by atoms with E-state index in [1.807, 2.05) is 6.07 Å². The molecule has 3 rings (SSSR count). The lowest BCUT2D eigenvalue weighted by atomic mass is 10.0. The molecule has 138 valence electrons. The molecule has 1 saturated heterocycles. The molecule has 8 nitrogen and oxygen atoms in total. The molecular weight excluding hydrogens is 336 g/mol. The van der Waals surface area contributed by atoms with E-state index in [9.17, 15) is 14.4 Å². The molecule has 0 saturated carbocycles. The molecule has 2 N–H and O–H groups in total. The molecule has 2 aromatic rings. The predicted molar refractivity (Wildman–Crippen MR) is 95.8 cm³/mol. The number of hydrogen-bond donors (Lipinski definition) is 2. The summed E-state index contributed by atoms with van der Waals surface area (Å²) in [6.45, 7) is 0.843. The smallest absolute Gasteiger partial charge is 0.410 e. The van der Waals surface area contributed by atoms with Crippen LogP contribution in [-0.4, -0.2) is 53.1 Å². The van der Waals surface area contributed by atoms with E-state index in [-0.39, 0.29) is 11.5 Å². The highest BCUT2D eigenvalue weighted by Crippen LogP contribution is 2.18. The zero-order valence-electron chi connectivity index (χ0n) is 14.7. The van der Waals surface area contributed by atoms with Gasteiger partial charge in [0, 0.05) is 19.5 Å². The number of hydrogen-bond acceptors (Lipinski definition) is 5. The normalized spacial score (nSPS) is 17.1. The van der Waals surface area contributed by atoms with Gasteiger partial charge in [-0.05, 0) is 31.4 Å². The van der Waals surface area contributed by atoms with Gasteiger partial charge in [-0.1, -0.05) is 12.1 Å². The van der Waals surface area contributed by atoms with Crippen LogP contribution >= 0.6 is 0 Å². The molecule has 1 aliphatic heterocycles. The Kier molecular flexibility index (Phi) is 5.50. The van der Waals surface area contributed by atoms with Gasteiger partial charge in [-0.2, -0.15) is 0 Å². The average Bonchev–Trinajstić information content (AvgIpc) is 2.67. The summed E-state index contributed by atoms with van der Waals surface area (Å²) >= 11 is 0. The number of methoxy groups -OCH3 is 1. The maximum Gasteiger partial charge on any atom is 0.410 e. The van der Waals surface area contributed by atoms with E-state index in [1.165, 1.54) is 12.0 Å². The van der Waals surface area contributed by atoms with Gasteiger partial charge in [0.05, 0.1) is 18.0 Å². The lowest BCUT2D eigenvalue weighted by Gasteiger charge is -2.33. The average molecular weight is 358 g/mol. The van der Waals surface area contributed by atoms with E-state index in [0.717, 1.165) is 12.8 Å². The Hall–Kier alpha value is -2.90. The summed E-state index contributed by atoms with van der Waals surface area (Å²) in [6, 6.07) is 6.60. The van der Waals surface area contributed by atoms with Crippen LogP contribution in [0.15, 0.2) is 29.1 Å². The van der Waals surface area contributed by atoms with Crippen molar-refractivity contribution >= 4 is 22.9 Å². The lowest BCUT2D eigenvalue weighted by molar-refractivity contribution is -0.126. The first-order valence-electron chi connectivity index (χ1n) is 8.70. The summed E-state index contributed by atoms with van der Waals surface area (Å²) in [6.07, 6.45) is 2.29. The summed E-state index contributed by atoms with van der Waals surface area (Å²) in [5.41, 5.74) is 0.433. The number of H-pyrrole nitrogens is 1. The SMILES string of the molecule is COC(=O)N1CCCCC1C(=O)NCCc1nc2ccccc2c(=O)[nH]1. The largest absolute Gasteiger partial charge is 0.453 e. The van der Waals surface area contributed by atoms with Crippen LogP contribution < -0.4 is 10.9 Å². The van der Waals surface area contributed by atoms with Crippen molar-refractivity contribution in [2.75, 3.05) is 20.2 Å². The molecule has 0 bridgehead atoms. The van der Waals surface area contributed by atoms with Crippen molar-refractivity contribution in [1.82, 2.24) is 20.2 Å². The van der Waals surface area contributed by atoms with Gasteiger partial charge in [0.2, 0.25) is 5.91 Å². The van der Waals surface area contributed by atoms with Gasteiger partial charge in [-0.3, -0.25) is 14.5 Å². The van der Waals surface area contributed by atoms with E-state index in [2.05, 4.69) is 15.3 Å². The third-order valence-electron chi connectivity index (χ3n) is 4.54. The number of benzene rings is 1. The van der Waals surface area contributed by atoms with E-state index in [0.29, 0.717) is 42.7 Å². The van der Waals surface area contributed by atoms with Gasteiger partial charge < -0.3 is 15.0 Å². The molecular formula is C18H22N4O4. The number of ether oxygens (including phenoxy) is 1. The Morgan fingerprint density at radius 3 is 2.96 bits per heavy atom. The molecule has 8 heteroatoms. The van der Waals surface area contributed by atoms with Gasteiger partial charge in [-0.25, -0.2) is 9.78 Å². The van der Waals surface area contributed by atoms with Gasteiger partial charge in [0.25, 0.3) is 5.56 Å². The fraction of sp³-hybridized carbons (Fsp3) is 0.444.